The zero-order valence-electron chi connectivity index (χ0n) is 15.1. The van der Waals surface area contributed by atoms with Crippen molar-refractivity contribution in [3.05, 3.63) is 96.2 Å². The predicted octanol–water partition coefficient (Wildman–Crippen LogP) is 3.27. The summed E-state index contributed by atoms with van der Waals surface area (Å²) in [4.78, 5) is 33.1. The van der Waals surface area contributed by atoms with Crippen LogP contribution in [0.5, 0.6) is 0 Å². The van der Waals surface area contributed by atoms with Gasteiger partial charge in [0, 0.05) is 22.2 Å². The van der Waals surface area contributed by atoms with Crippen LogP contribution >= 0.6 is 15.9 Å². The van der Waals surface area contributed by atoms with Crippen LogP contribution in [0.3, 0.4) is 0 Å². The average Bonchev–Trinajstić information content (AvgIpc) is 3.14. The summed E-state index contributed by atoms with van der Waals surface area (Å²) in [5.41, 5.74) is 2.37. The van der Waals surface area contributed by atoms with E-state index in [1.165, 1.54) is 35.3 Å². The summed E-state index contributed by atoms with van der Waals surface area (Å²) >= 11 is 3.33. The third kappa shape index (κ3) is 5.11. The second-order valence-corrected chi connectivity index (χ2v) is 6.91. The molecule has 2 aromatic carbocycles. The van der Waals surface area contributed by atoms with Crippen LogP contribution in [-0.2, 0) is 6.54 Å². The van der Waals surface area contributed by atoms with Crippen LogP contribution in [0.25, 0.3) is 0 Å². The number of benzene rings is 2. The number of carbonyl (C=O) groups excluding carboxylic acids is 1. The van der Waals surface area contributed by atoms with Crippen molar-refractivity contribution in [3.63, 3.8) is 0 Å². The number of halogens is 1. The van der Waals surface area contributed by atoms with Crippen molar-refractivity contribution in [3.8, 4) is 0 Å². The Hall–Kier alpha value is -3.93. The first-order valence-electron chi connectivity index (χ1n) is 8.37. The topological polar surface area (TPSA) is 146 Å². The van der Waals surface area contributed by atoms with Gasteiger partial charge >= 0.3 is 5.69 Å². The molecule has 11 nitrogen and oxygen atoms in total. The fourth-order valence-electron chi connectivity index (χ4n) is 2.50. The van der Waals surface area contributed by atoms with E-state index in [-0.39, 0.29) is 12.2 Å². The summed E-state index contributed by atoms with van der Waals surface area (Å²) < 4.78 is 2.18. The van der Waals surface area contributed by atoms with Crippen molar-refractivity contribution in [1.29, 1.82) is 0 Å². The molecule has 0 radical (unpaired) electrons. The van der Waals surface area contributed by atoms with Crippen LogP contribution in [0, 0.1) is 20.2 Å². The van der Waals surface area contributed by atoms with E-state index in [1.807, 2.05) is 24.3 Å². The highest BCUT2D eigenvalue weighted by Gasteiger charge is 2.25. The minimum atomic E-state index is -0.877. The number of nitrogens with one attached hydrogen (secondary N) is 1. The van der Waals surface area contributed by atoms with Crippen LogP contribution in [0.15, 0.2) is 64.3 Å². The third-order valence-corrected chi connectivity index (χ3v) is 4.40. The number of nitro groups is 2. The fraction of sp³-hybridized carbons (Fsp3) is 0.0556. The highest BCUT2D eigenvalue weighted by atomic mass is 79.9. The normalized spacial score (nSPS) is 10.8. The maximum absolute atomic E-state index is 12.3. The van der Waals surface area contributed by atoms with E-state index < -0.39 is 27.1 Å². The summed E-state index contributed by atoms with van der Waals surface area (Å²) in [6, 6.07) is 12.9. The molecule has 0 aliphatic heterocycles. The van der Waals surface area contributed by atoms with E-state index in [4.69, 9.17) is 0 Å². The number of carbonyl (C=O) groups is 1. The molecule has 3 rings (SSSR count). The second kappa shape index (κ2) is 9.05. The standard InChI is InChI=1S/C18H13BrN6O5/c19-14-6-4-12(5-7-14)10-23-11-16(25(29)30)17(22-23)18(26)21-20-9-13-2-1-3-15(8-13)24(27)28/h1-9,11H,10H2,(H,21,26)/b20-9-. The number of aromatic nitrogens is 2. The van der Waals surface area contributed by atoms with Crippen molar-refractivity contribution < 1.29 is 14.6 Å². The monoisotopic (exact) mass is 472 g/mol. The molecule has 0 saturated carbocycles. The van der Waals surface area contributed by atoms with Gasteiger partial charge in [0.05, 0.1) is 22.6 Å². The molecule has 0 bridgehead atoms. The molecule has 30 heavy (non-hydrogen) atoms. The number of hydrogen-bond acceptors (Lipinski definition) is 7. The van der Waals surface area contributed by atoms with Gasteiger partial charge in [-0.15, -0.1) is 0 Å². The van der Waals surface area contributed by atoms with Crippen LogP contribution < -0.4 is 5.43 Å². The molecule has 1 N–H and O–H groups in total. The van der Waals surface area contributed by atoms with Crippen molar-refractivity contribution >= 4 is 39.4 Å². The molecule has 152 valence electrons. The van der Waals surface area contributed by atoms with Gasteiger partial charge < -0.3 is 0 Å². The van der Waals surface area contributed by atoms with Crippen LogP contribution in [0.2, 0.25) is 0 Å². The molecule has 0 unspecified atom stereocenters. The Morgan fingerprint density at radius 2 is 1.90 bits per heavy atom. The van der Waals surface area contributed by atoms with Gasteiger partial charge in [-0.2, -0.15) is 10.2 Å². The van der Waals surface area contributed by atoms with E-state index in [0.717, 1.165) is 10.0 Å². The van der Waals surface area contributed by atoms with Crippen LogP contribution in [0.4, 0.5) is 11.4 Å². The fourth-order valence-corrected chi connectivity index (χ4v) is 2.77. The van der Waals surface area contributed by atoms with Gasteiger partial charge in [0.15, 0.2) is 0 Å². The maximum atomic E-state index is 12.3. The van der Waals surface area contributed by atoms with Crippen molar-refractivity contribution in [1.82, 2.24) is 15.2 Å². The number of hydrazone groups is 1. The first kappa shape index (κ1) is 20.8. The molecule has 0 saturated heterocycles. The molecule has 0 aliphatic rings. The van der Waals surface area contributed by atoms with Gasteiger partial charge in [0.1, 0.15) is 6.20 Å². The molecule has 1 amide bonds. The Morgan fingerprint density at radius 3 is 2.57 bits per heavy atom. The lowest BCUT2D eigenvalue weighted by atomic mass is 10.2. The Kier molecular flexibility index (Phi) is 6.27. The lowest BCUT2D eigenvalue weighted by Crippen LogP contribution is -2.19. The van der Waals surface area contributed by atoms with Crippen LogP contribution in [0.1, 0.15) is 21.6 Å². The Balaban J connectivity index is 1.75. The molecule has 0 spiro atoms. The molecular weight excluding hydrogens is 460 g/mol. The number of non-ortho nitro benzene ring substituents is 1. The largest absolute Gasteiger partial charge is 0.320 e. The molecule has 0 aliphatic carbocycles. The van der Waals surface area contributed by atoms with Gasteiger partial charge in [-0.05, 0) is 17.7 Å². The smallest absolute Gasteiger partial charge is 0.265 e. The first-order valence-corrected chi connectivity index (χ1v) is 9.17. The van der Waals surface area contributed by atoms with E-state index in [2.05, 4.69) is 31.6 Å². The highest BCUT2D eigenvalue weighted by molar-refractivity contribution is 9.10. The predicted molar refractivity (Wildman–Crippen MR) is 110 cm³/mol. The zero-order chi connectivity index (χ0) is 21.7. The van der Waals surface area contributed by atoms with Gasteiger partial charge in [-0.25, -0.2) is 5.43 Å². The maximum Gasteiger partial charge on any atom is 0.320 e. The van der Waals surface area contributed by atoms with Crippen molar-refractivity contribution in [2.24, 2.45) is 5.10 Å². The van der Waals surface area contributed by atoms with E-state index in [1.54, 1.807) is 6.07 Å². The zero-order valence-corrected chi connectivity index (χ0v) is 16.7. The highest BCUT2D eigenvalue weighted by Crippen LogP contribution is 2.18. The van der Waals surface area contributed by atoms with Gasteiger partial charge in [-0.1, -0.05) is 40.2 Å². The average molecular weight is 473 g/mol. The molecule has 1 aromatic heterocycles. The molecule has 0 fully saturated rings. The summed E-state index contributed by atoms with van der Waals surface area (Å²) in [7, 11) is 0. The molecule has 0 atom stereocenters. The number of amides is 1. The first-order chi connectivity index (χ1) is 14.3. The lowest BCUT2D eigenvalue weighted by molar-refractivity contribution is -0.385. The van der Waals surface area contributed by atoms with Gasteiger partial charge in [0.25, 0.3) is 11.6 Å². The third-order valence-electron chi connectivity index (χ3n) is 3.87. The quantitative estimate of drug-likeness (QED) is 0.317. The molecule has 1 heterocycles. The Bertz CT molecular complexity index is 1140. The van der Waals surface area contributed by atoms with E-state index in [0.29, 0.717) is 5.56 Å². The van der Waals surface area contributed by atoms with Crippen molar-refractivity contribution in [2.75, 3.05) is 0 Å². The molecule has 3 aromatic rings. The Labute approximate surface area is 177 Å². The number of nitrogens with zero attached hydrogens (tertiary/aromatic N) is 5. The van der Waals surface area contributed by atoms with E-state index in [9.17, 15) is 25.0 Å². The minimum Gasteiger partial charge on any atom is -0.265 e. The SMILES string of the molecule is O=C(N/N=C\c1cccc([N+](=O)[O-])c1)c1nn(Cc2ccc(Br)cc2)cc1[N+](=O)[O-]. The summed E-state index contributed by atoms with van der Waals surface area (Å²) in [6.07, 6.45) is 2.36. The molecule has 12 heteroatoms. The summed E-state index contributed by atoms with van der Waals surface area (Å²) in [6.45, 7) is 0.234. The number of nitro benzene ring substituents is 1. The summed E-state index contributed by atoms with van der Waals surface area (Å²) in [5.74, 6) is -0.877. The van der Waals surface area contributed by atoms with E-state index >= 15 is 0 Å². The second-order valence-electron chi connectivity index (χ2n) is 6.00. The number of hydrogen-bond donors (Lipinski definition) is 1. The lowest BCUT2D eigenvalue weighted by Gasteiger charge is -2.01. The number of rotatable bonds is 7. The summed E-state index contributed by atoms with van der Waals surface area (Å²) in [5, 5.41) is 29.8. The van der Waals surface area contributed by atoms with Gasteiger partial charge in [-0.3, -0.25) is 29.7 Å². The van der Waals surface area contributed by atoms with Gasteiger partial charge in [0.2, 0.25) is 5.69 Å². The Morgan fingerprint density at radius 1 is 1.17 bits per heavy atom. The van der Waals surface area contributed by atoms with Crippen molar-refractivity contribution in [2.45, 2.75) is 6.54 Å². The van der Waals surface area contributed by atoms with Crippen LogP contribution in [-0.4, -0.2) is 31.7 Å². The minimum absolute atomic E-state index is 0.132. The molecular formula is C18H13BrN6O5.